The van der Waals surface area contributed by atoms with Gasteiger partial charge in [-0.1, -0.05) is 18.3 Å². The summed E-state index contributed by atoms with van der Waals surface area (Å²) >= 11 is 1.32. The third-order valence-corrected chi connectivity index (χ3v) is 4.43. The molecule has 0 saturated carbocycles. The lowest BCUT2D eigenvalue weighted by atomic mass is 10.1. The second-order valence-electron chi connectivity index (χ2n) is 4.91. The second kappa shape index (κ2) is 6.34. The van der Waals surface area contributed by atoms with Crippen LogP contribution in [-0.2, 0) is 24.3 Å². The van der Waals surface area contributed by atoms with Crippen molar-refractivity contribution in [3.8, 4) is 0 Å². The van der Waals surface area contributed by atoms with E-state index in [1.807, 2.05) is 0 Å². The van der Waals surface area contributed by atoms with Crippen molar-refractivity contribution in [1.29, 1.82) is 0 Å². The molecule has 1 aromatic heterocycles. The largest absolute Gasteiger partial charge is 0.481 e. The quantitative estimate of drug-likeness (QED) is 0.861. The molecule has 19 heavy (non-hydrogen) atoms. The highest BCUT2D eigenvalue weighted by molar-refractivity contribution is 7.09. The first kappa shape index (κ1) is 14.3. The molecule has 0 saturated heterocycles. The van der Waals surface area contributed by atoms with Crippen molar-refractivity contribution in [2.24, 2.45) is 0 Å². The zero-order chi connectivity index (χ0) is 13.8. The van der Waals surface area contributed by atoms with Gasteiger partial charge in [0.1, 0.15) is 0 Å². The Hall–Kier alpha value is -1.14. The molecule has 1 aliphatic heterocycles. The van der Waals surface area contributed by atoms with Gasteiger partial charge in [-0.15, -0.1) is 0 Å². The Bertz CT molecular complexity index is 506. The first-order valence-corrected chi connectivity index (χ1v) is 7.59. The molecule has 0 unspecified atom stereocenters. The first-order valence-electron chi connectivity index (χ1n) is 6.77. The molecule has 5 nitrogen and oxygen atoms in total. The van der Waals surface area contributed by atoms with Gasteiger partial charge in [0.25, 0.3) is 0 Å². The molecular weight excluding hydrogens is 264 g/mol. The van der Waals surface area contributed by atoms with E-state index in [-0.39, 0.29) is 11.3 Å². The van der Waals surface area contributed by atoms with Crippen LogP contribution in [0.1, 0.15) is 36.8 Å². The second-order valence-corrected chi connectivity index (χ2v) is 5.96. The third kappa shape index (κ3) is 3.45. The molecule has 0 aromatic carbocycles. The highest BCUT2D eigenvalue weighted by atomic mass is 32.1. The van der Waals surface area contributed by atoms with Crippen molar-refractivity contribution < 1.29 is 9.90 Å². The average Bonchev–Trinajstić information content (AvgIpc) is 2.65. The highest BCUT2D eigenvalue weighted by Crippen LogP contribution is 2.22. The van der Waals surface area contributed by atoms with Crippen molar-refractivity contribution in [1.82, 2.24) is 9.47 Å². The molecule has 1 aliphatic rings. The topological polar surface area (TPSA) is 62.5 Å². The summed E-state index contributed by atoms with van der Waals surface area (Å²) in [7, 11) is 0. The van der Waals surface area contributed by atoms with Crippen molar-refractivity contribution in [2.75, 3.05) is 13.1 Å². The molecule has 0 atom stereocenters. The van der Waals surface area contributed by atoms with E-state index >= 15 is 0 Å². The van der Waals surface area contributed by atoms with E-state index in [2.05, 4.69) is 11.8 Å². The Labute approximate surface area is 116 Å². The predicted molar refractivity (Wildman–Crippen MR) is 74.7 cm³/mol. The molecule has 2 rings (SSSR count). The summed E-state index contributed by atoms with van der Waals surface area (Å²) in [6.07, 6.45) is 2.68. The third-order valence-electron chi connectivity index (χ3n) is 3.42. The molecule has 1 aromatic rings. The van der Waals surface area contributed by atoms with Crippen LogP contribution in [-0.4, -0.2) is 33.6 Å². The van der Waals surface area contributed by atoms with Crippen molar-refractivity contribution >= 4 is 17.3 Å². The molecule has 2 heterocycles. The lowest BCUT2D eigenvalue weighted by Gasteiger charge is -2.26. The molecule has 0 bridgehead atoms. The lowest BCUT2D eigenvalue weighted by Crippen LogP contribution is -2.32. The van der Waals surface area contributed by atoms with Gasteiger partial charge in [-0.05, 0) is 19.4 Å². The fraction of sp³-hybridized carbons (Fsp3) is 0.692. The summed E-state index contributed by atoms with van der Waals surface area (Å²) in [5.74, 6) is -0.800. The van der Waals surface area contributed by atoms with E-state index in [1.165, 1.54) is 16.2 Å². The van der Waals surface area contributed by atoms with Gasteiger partial charge in [-0.25, -0.2) is 0 Å². The maximum atomic E-state index is 12.0. The van der Waals surface area contributed by atoms with Crippen LogP contribution in [0.15, 0.2) is 4.79 Å². The fourth-order valence-electron chi connectivity index (χ4n) is 2.55. The van der Waals surface area contributed by atoms with E-state index in [4.69, 9.17) is 5.11 Å². The van der Waals surface area contributed by atoms with Crippen LogP contribution in [0.3, 0.4) is 0 Å². The van der Waals surface area contributed by atoms with Crippen LogP contribution in [0.25, 0.3) is 0 Å². The van der Waals surface area contributed by atoms with Gasteiger partial charge in [0, 0.05) is 43.0 Å². The molecular formula is C13H20N2O3S. The first-order chi connectivity index (χ1) is 9.11. The van der Waals surface area contributed by atoms with E-state index in [1.54, 1.807) is 4.57 Å². The highest BCUT2D eigenvalue weighted by Gasteiger charge is 2.22. The maximum Gasteiger partial charge on any atom is 0.307 e. The summed E-state index contributed by atoms with van der Waals surface area (Å²) in [5.41, 5.74) is 1.13. The van der Waals surface area contributed by atoms with Gasteiger partial charge in [0.2, 0.25) is 0 Å². The summed E-state index contributed by atoms with van der Waals surface area (Å²) in [5, 5.41) is 8.65. The van der Waals surface area contributed by atoms with Crippen LogP contribution < -0.4 is 4.87 Å². The molecule has 106 valence electrons. The number of carboxylic acids is 1. The Morgan fingerprint density at radius 2 is 2.21 bits per heavy atom. The van der Waals surface area contributed by atoms with Gasteiger partial charge >= 0.3 is 10.8 Å². The maximum absolute atomic E-state index is 12.0. The van der Waals surface area contributed by atoms with Crippen molar-refractivity contribution in [3.05, 3.63) is 20.2 Å². The Kier molecular flexibility index (Phi) is 4.76. The zero-order valence-corrected chi connectivity index (χ0v) is 12.0. The number of hydrogen-bond donors (Lipinski definition) is 1. The minimum atomic E-state index is -0.800. The lowest BCUT2D eigenvalue weighted by molar-refractivity contribution is -0.137. The predicted octanol–water partition coefficient (Wildman–Crippen LogP) is 1.54. The van der Waals surface area contributed by atoms with Crippen LogP contribution in [0.2, 0.25) is 0 Å². The van der Waals surface area contributed by atoms with Crippen molar-refractivity contribution in [3.63, 3.8) is 0 Å². The van der Waals surface area contributed by atoms with Gasteiger partial charge < -0.3 is 9.67 Å². The minimum absolute atomic E-state index is 0.0636. The molecule has 0 spiro atoms. The summed E-state index contributed by atoms with van der Waals surface area (Å²) in [6.45, 7) is 5.63. The average molecular weight is 284 g/mol. The van der Waals surface area contributed by atoms with Gasteiger partial charge in [0.15, 0.2) is 0 Å². The number of fused-ring (bicyclic) bond motifs is 1. The van der Waals surface area contributed by atoms with E-state index < -0.39 is 5.97 Å². The van der Waals surface area contributed by atoms with Crippen LogP contribution in [0, 0.1) is 0 Å². The molecule has 6 heteroatoms. The summed E-state index contributed by atoms with van der Waals surface area (Å²) in [4.78, 5) is 26.1. The van der Waals surface area contributed by atoms with Gasteiger partial charge in [0.05, 0.1) is 0 Å². The molecule has 1 N–H and O–H groups in total. The SMILES string of the molecule is CCCN1CCc2c(sc(=O)n2CCCC(=O)O)C1. The number of aliphatic carboxylic acids is 1. The Balaban J connectivity index is 2.06. The molecule has 0 radical (unpaired) electrons. The molecule has 0 fully saturated rings. The van der Waals surface area contributed by atoms with Crippen molar-refractivity contribution in [2.45, 2.75) is 45.7 Å². The zero-order valence-electron chi connectivity index (χ0n) is 11.2. The fourth-order valence-corrected chi connectivity index (χ4v) is 3.65. The normalized spacial score (nSPS) is 15.4. The summed E-state index contributed by atoms with van der Waals surface area (Å²) in [6, 6.07) is 0. The smallest absolute Gasteiger partial charge is 0.307 e. The Morgan fingerprint density at radius 3 is 2.89 bits per heavy atom. The van der Waals surface area contributed by atoms with E-state index in [0.29, 0.717) is 13.0 Å². The van der Waals surface area contributed by atoms with Crippen LogP contribution >= 0.6 is 11.3 Å². The number of hydrogen-bond acceptors (Lipinski definition) is 4. The molecule has 0 aliphatic carbocycles. The number of carbonyl (C=O) groups is 1. The van der Waals surface area contributed by atoms with Gasteiger partial charge in [-0.3, -0.25) is 14.5 Å². The Morgan fingerprint density at radius 1 is 1.42 bits per heavy atom. The number of aromatic nitrogens is 1. The number of carboxylic acid groups (broad SMARTS) is 1. The standard InChI is InChI=1S/C13H20N2O3S/c1-2-6-14-8-5-10-11(9-14)19-13(18)15(10)7-3-4-12(16)17/h2-9H2,1H3,(H,16,17). The number of rotatable bonds is 6. The van der Waals surface area contributed by atoms with E-state index in [0.717, 1.165) is 38.2 Å². The molecule has 0 amide bonds. The number of nitrogens with zero attached hydrogens (tertiary/aromatic N) is 2. The summed E-state index contributed by atoms with van der Waals surface area (Å²) < 4.78 is 1.78. The van der Waals surface area contributed by atoms with Gasteiger partial charge in [-0.2, -0.15) is 0 Å². The number of thiazole rings is 1. The van der Waals surface area contributed by atoms with Crippen LogP contribution in [0.4, 0.5) is 0 Å². The van der Waals surface area contributed by atoms with E-state index in [9.17, 15) is 9.59 Å². The monoisotopic (exact) mass is 284 g/mol. The van der Waals surface area contributed by atoms with Crippen LogP contribution in [0.5, 0.6) is 0 Å². The minimum Gasteiger partial charge on any atom is -0.481 e.